The Morgan fingerprint density at radius 2 is 0.850 bits per heavy atom. The quantitative estimate of drug-likeness (QED) is 0.418. The summed E-state index contributed by atoms with van der Waals surface area (Å²) >= 11 is 0. The van der Waals surface area contributed by atoms with Crippen LogP contribution in [0.5, 0.6) is 0 Å². The zero-order valence-electron chi connectivity index (χ0n) is 14.4. The van der Waals surface area contributed by atoms with Gasteiger partial charge in [-0.2, -0.15) is 0 Å². The van der Waals surface area contributed by atoms with Crippen molar-refractivity contribution in [3.63, 3.8) is 0 Å². The van der Waals surface area contributed by atoms with E-state index in [2.05, 4.69) is 80.0 Å². The third kappa shape index (κ3) is 6.56. The van der Waals surface area contributed by atoms with E-state index in [0.29, 0.717) is 0 Å². The fraction of sp³-hybridized carbons (Fsp3) is 0.400. The summed E-state index contributed by atoms with van der Waals surface area (Å²) in [6.07, 6.45) is 6.92. The van der Waals surface area contributed by atoms with E-state index in [1.54, 1.807) is 0 Å². The molecule has 0 spiro atoms. The average Bonchev–Trinajstić information content (AvgIpc) is 2.94. The van der Waals surface area contributed by atoms with E-state index in [0.717, 1.165) is 0 Å². The molecule has 0 unspecified atom stereocenters. The number of hydrogen-bond donors (Lipinski definition) is 0. The van der Waals surface area contributed by atoms with E-state index >= 15 is 0 Å². The summed E-state index contributed by atoms with van der Waals surface area (Å²) in [5.41, 5.74) is 8.96. The summed E-state index contributed by atoms with van der Waals surface area (Å²) in [5, 5.41) is 0. The molecule has 0 saturated carbocycles. The topological polar surface area (TPSA) is 0 Å². The van der Waals surface area contributed by atoms with Gasteiger partial charge in [0.15, 0.2) is 0 Å². The van der Waals surface area contributed by atoms with E-state index in [9.17, 15) is 0 Å². The fourth-order valence-electron chi connectivity index (χ4n) is 1.90. The summed E-state index contributed by atoms with van der Waals surface area (Å²) in [6.45, 7) is 25.1. The van der Waals surface area contributed by atoms with Crippen LogP contribution in [-0.2, 0) is 0 Å². The third-order valence-electron chi connectivity index (χ3n) is 3.89. The first-order chi connectivity index (χ1) is 9.43. The lowest BCUT2D eigenvalue weighted by atomic mass is 10.1. The molecule has 2 aliphatic carbocycles. The molecule has 0 aromatic heterocycles. The highest BCUT2D eigenvalue weighted by Crippen LogP contribution is 2.24. The highest BCUT2D eigenvalue weighted by atomic mass is 14.1. The molecule has 2 rings (SSSR count). The maximum atomic E-state index is 3.00. The summed E-state index contributed by atoms with van der Waals surface area (Å²) in [6, 6.07) is 0. The molecule has 0 heterocycles. The van der Waals surface area contributed by atoms with Gasteiger partial charge in [-0.1, -0.05) is 34.4 Å². The zero-order valence-corrected chi connectivity index (χ0v) is 14.4. The molecule has 2 aliphatic rings. The first-order valence-corrected chi connectivity index (χ1v) is 7.10. The van der Waals surface area contributed by atoms with Crippen LogP contribution in [0.4, 0.5) is 0 Å². The number of allylic oxidation sites excluding steroid dienone is 8. The highest BCUT2D eigenvalue weighted by molar-refractivity contribution is 5.39. The van der Waals surface area contributed by atoms with Gasteiger partial charge in [-0.3, -0.25) is 0 Å². The molecule has 0 nitrogen and oxygen atoms in total. The molecule has 0 N–H and O–H groups in total. The van der Waals surface area contributed by atoms with Crippen LogP contribution < -0.4 is 0 Å². The highest BCUT2D eigenvalue weighted by Gasteiger charge is 2.04. The van der Waals surface area contributed by atoms with Crippen molar-refractivity contribution in [2.24, 2.45) is 0 Å². The van der Waals surface area contributed by atoms with Crippen molar-refractivity contribution < 1.29 is 0 Å². The minimum atomic E-state index is 1.18. The van der Waals surface area contributed by atoms with Crippen molar-refractivity contribution in [3.05, 3.63) is 71.9 Å². The predicted octanol–water partition coefficient (Wildman–Crippen LogP) is 6.95. The minimum absolute atomic E-state index is 1.18. The van der Waals surface area contributed by atoms with Crippen molar-refractivity contribution in [3.8, 4) is 0 Å². The molecule has 0 aliphatic heterocycles. The molecule has 0 aromatic carbocycles. The van der Waals surface area contributed by atoms with Gasteiger partial charge in [0.1, 0.15) is 0 Å². The SMILES string of the molecule is C=C.C=C.CC1=CCC(C)=C1C.CC1=CCC(C)=C1C. The van der Waals surface area contributed by atoms with E-state index < -0.39 is 0 Å². The smallest absolute Gasteiger partial charge is 0.0130 e. The molecule has 0 heteroatoms. The van der Waals surface area contributed by atoms with Crippen molar-refractivity contribution in [1.29, 1.82) is 0 Å². The maximum absolute atomic E-state index is 3.00. The maximum Gasteiger partial charge on any atom is -0.0130 e. The monoisotopic (exact) mass is 272 g/mol. The van der Waals surface area contributed by atoms with Crippen LogP contribution in [0.2, 0.25) is 0 Å². The van der Waals surface area contributed by atoms with Crippen molar-refractivity contribution in [1.82, 2.24) is 0 Å². The summed E-state index contributed by atoms with van der Waals surface area (Å²) in [5.74, 6) is 0. The summed E-state index contributed by atoms with van der Waals surface area (Å²) in [7, 11) is 0. The van der Waals surface area contributed by atoms with Gasteiger partial charge in [0.25, 0.3) is 0 Å². The molecular formula is C20H32. The summed E-state index contributed by atoms with van der Waals surface area (Å²) < 4.78 is 0. The first-order valence-electron chi connectivity index (χ1n) is 7.10. The Kier molecular flexibility index (Phi) is 11.7. The second-order valence-electron chi connectivity index (χ2n) is 4.99. The Morgan fingerprint density at radius 3 is 0.900 bits per heavy atom. The summed E-state index contributed by atoms with van der Waals surface area (Å²) in [4.78, 5) is 0. The Labute approximate surface area is 127 Å². The van der Waals surface area contributed by atoms with Crippen molar-refractivity contribution in [2.45, 2.75) is 54.4 Å². The van der Waals surface area contributed by atoms with Crippen molar-refractivity contribution >= 4 is 0 Å². The minimum Gasteiger partial charge on any atom is -0.106 e. The lowest BCUT2D eigenvalue weighted by molar-refractivity contribution is 1.22. The Balaban J connectivity index is 0. The van der Waals surface area contributed by atoms with Gasteiger partial charge in [0, 0.05) is 0 Å². The molecule has 0 amide bonds. The van der Waals surface area contributed by atoms with Gasteiger partial charge < -0.3 is 0 Å². The molecule has 20 heavy (non-hydrogen) atoms. The van der Waals surface area contributed by atoms with Crippen molar-refractivity contribution in [2.75, 3.05) is 0 Å². The van der Waals surface area contributed by atoms with Gasteiger partial charge in [0.05, 0.1) is 0 Å². The Morgan fingerprint density at radius 1 is 0.600 bits per heavy atom. The van der Waals surface area contributed by atoms with E-state index in [1.165, 1.54) is 46.3 Å². The van der Waals surface area contributed by atoms with E-state index in [1.807, 2.05) is 0 Å². The molecular weight excluding hydrogens is 240 g/mol. The van der Waals surface area contributed by atoms with Crippen LogP contribution in [-0.4, -0.2) is 0 Å². The lowest BCUT2D eigenvalue weighted by Gasteiger charge is -1.93. The first kappa shape index (κ1) is 20.8. The molecule has 0 aromatic rings. The van der Waals surface area contributed by atoms with Gasteiger partial charge in [0.2, 0.25) is 0 Å². The second-order valence-corrected chi connectivity index (χ2v) is 4.99. The largest absolute Gasteiger partial charge is 0.106 e. The average molecular weight is 272 g/mol. The Hall–Kier alpha value is -1.56. The van der Waals surface area contributed by atoms with Gasteiger partial charge in [-0.25, -0.2) is 0 Å². The van der Waals surface area contributed by atoms with Gasteiger partial charge in [-0.05, 0) is 65.5 Å². The van der Waals surface area contributed by atoms with E-state index in [4.69, 9.17) is 0 Å². The van der Waals surface area contributed by atoms with Gasteiger partial charge in [-0.15, -0.1) is 26.3 Å². The van der Waals surface area contributed by atoms with E-state index in [-0.39, 0.29) is 0 Å². The Bertz CT molecular complexity index is 372. The number of hydrogen-bond acceptors (Lipinski definition) is 0. The third-order valence-corrected chi connectivity index (χ3v) is 3.89. The van der Waals surface area contributed by atoms with Crippen LogP contribution >= 0.6 is 0 Å². The second kappa shape index (κ2) is 11.3. The molecule has 0 atom stereocenters. The van der Waals surface area contributed by atoms with Crippen LogP contribution in [0.15, 0.2) is 71.9 Å². The fourth-order valence-corrected chi connectivity index (χ4v) is 1.90. The molecule has 0 fully saturated rings. The molecule has 0 bridgehead atoms. The zero-order chi connectivity index (χ0) is 16.3. The normalized spacial score (nSPS) is 16.1. The lowest BCUT2D eigenvalue weighted by Crippen LogP contribution is -1.73. The number of rotatable bonds is 0. The van der Waals surface area contributed by atoms with Crippen LogP contribution in [0, 0.1) is 0 Å². The predicted molar refractivity (Wildman–Crippen MR) is 96.0 cm³/mol. The van der Waals surface area contributed by atoms with Gasteiger partial charge >= 0.3 is 0 Å². The molecule has 0 radical (unpaired) electrons. The standard InChI is InChI=1S/2C8H12.2C2H4/c2*1-6-4-5-7(2)8(6)3;2*1-2/h2*4H,5H2,1-3H3;2*1-2H2. The molecule has 0 saturated heterocycles. The van der Waals surface area contributed by atoms with Crippen LogP contribution in [0.1, 0.15) is 54.4 Å². The molecule has 112 valence electrons. The van der Waals surface area contributed by atoms with Crippen LogP contribution in [0.25, 0.3) is 0 Å². The van der Waals surface area contributed by atoms with Crippen LogP contribution in [0.3, 0.4) is 0 Å².